The predicted octanol–water partition coefficient (Wildman–Crippen LogP) is 3.12. The van der Waals surface area contributed by atoms with Crippen molar-refractivity contribution in [1.82, 2.24) is 5.32 Å². The summed E-state index contributed by atoms with van der Waals surface area (Å²) in [6.45, 7) is 1.61. The third kappa shape index (κ3) is 6.53. The molecule has 0 spiro atoms. The van der Waals surface area contributed by atoms with E-state index in [4.69, 9.17) is 5.11 Å². The van der Waals surface area contributed by atoms with Gasteiger partial charge >= 0.3 is 12.6 Å². The van der Waals surface area contributed by atoms with Crippen LogP contribution in [0.4, 0.5) is 8.78 Å². The number of alkyl halides is 2. The molecule has 0 saturated carbocycles. The Morgan fingerprint density at radius 2 is 2.00 bits per heavy atom. The molecule has 2 N–H and O–H groups in total. The van der Waals surface area contributed by atoms with Crippen LogP contribution in [0.15, 0.2) is 24.3 Å². The number of hydrogen-bond donors (Lipinski definition) is 2. The predicted molar refractivity (Wildman–Crippen MR) is 75.4 cm³/mol. The van der Waals surface area contributed by atoms with Gasteiger partial charge in [0, 0.05) is 18.7 Å². The Labute approximate surface area is 123 Å². The Balaban J connectivity index is 2.56. The van der Waals surface area contributed by atoms with E-state index >= 15 is 0 Å². The van der Waals surface area contributed by atoms with Crippen molar-refractivity contribution in [3.05, 3.63) is 29.8 Å². The number of carboxylic acid groups (broad SMARTS) is 1. The maximum atomic E-state index is 12.3. The van der Waals surface area contributed by atoms with E-state index in [9.17, 15) is 13.6 Å². The van der Waals surface area contributed by atoms with Gasteiger partial charge in [-0.15, -0.1) is 0 Å². The standard InChI is InChI=1S/C15H21F2NO3/c1-10(2)7-12(14(19)20)9-18-8-11-5-3-4-6-13(11)21-15(16)17/h3-6,10,12,15,18H,7-9H2,1-2H3,(H,19,20). The minimum atomic E-state index is -2.88. The lowest BCUT2D eigenvalue weighted by Crippen LogP contribution is -2.29. The molecule has 0 amide bonds. The fraction of sp³-hybridized carbons (Fsp3) is 0.533. The molecule has 0 fully saturated rings. The Bertz CT molecular complexity index is 452. The number of ether oxygens (including phenoxy) is 1. The largest absolute Gasteiger partial charge is 0.481 e. The number of hydrogen-bond acceptors (Lipinski definition) is 3. The molecule has 0 aliphatic carbocycles. The number of aliphatic carboxylic acids is 1. The highest BCUT2D eigenvalue weighted by Gasteiger charge is 2.18. The normalized spacial score (nSPS) is 12.7. The van der Waals surface area contributed by atoms with Crippen LogP contribution in [-0.4, -0.2) is 24.2 Å². The molecule has 1 aromatic rings. The molecule has 118 valence electrons. The van der Waals surface area contributed by atoms with Gasteiger partial charge in [-0.05, 0) is 18.4 Å². The topological polar surface area (TPSA) is 58.6 Å². The van der Waals surface area contributed by atoms with E-state index in [1.165, 1.54) is 6.07 Å². The van der Waals surface area contributed by atoms with Gasteiger partial charge in [0.05, 0.1) is 5.92 Å². The fourth-order valence-electron chi connectivity index (χ4n) is 2.08. The third-order valence-corrected chi connectivity index (χ3v) is 3.00. The maximum absolute atomic E-state index is 12.3. The molecule has 1 unspecified atom stereocenters. The zero-order valence-corrected chi connectivity index (χ0v) is 12.2. The van der Waals surface area contributed by atoms with Crippen LogP contribution in [0.5, 0.6) is 5.75 Å². The van der Waals surface area contributed by atoms with Crippen molar-refractivity contribution in [1.29, 1.82) is 0 Å². The van der Waals surface area contributed by atoms with E-state index in [0.29, 0.717) is 12.0 Å². The highest BCUT2D eigenvalue weighted by Crippen LogP contribution is 2.20. The van der Waals surface area contributed by atoms with Crippen LogP contribution < -0.4 is 10.1 Å². The second-order valence-corrected chi connectivity index (χ2v) is 5.28. The maximum Gasteiger partial charge on any atom is 0.387 e. The molecule has 0 aliphatic rings. The molecule has 0 aromatic heterocycles. The molecular weight excluding hydrogens is 280 g/mol. The van der Waals surface area contributed by atoms with Gasteiger partial charge < -0.3 is 15.2 Å². The summed E-state index contributed by atoms with van der Waals surface area (Å²) in [4.78, 5) is 11.1. The summed E-state index contributed by atoms with van der Waals surface area (Å²) < 4.78 is 29.0. The molecule has 0 bridgehead atoms. The first-order chi connectivity index (χ1) is 9.90. The monoisotopic (exact) mass is 301 g/mol. The van der Waals surface area contributed by atoms with Crippen LogP contribution in [0.1, 0.15) is 25.8 Å². The van der Waals surface area contributed by atoms with Crippen LogP contribution in [0.2, 0.25) is 0 Å². The molecule has 0 saturated heterocycles. The Hall–Kier alpha value is -1.69. The Kier molecular flexibility index (Phi) is 7.08. The first-order valence-corrected chi connectivity index (χ1v) is 6.86. The van der Waals surface area contributed by atoms with Crippen LogP contribution in [-0.2, 0) is 11.3 Å². The van der Waals surface area contributed by atoms with Crippen molar-refractivity contribution in [2.45, 2.75) is 33.4 Å². The second kappa shape index (κ2) is 8.56. The van der Waals surface area contributed by atoms with Crippen molar-refractivity contribution < 1.29 is 23.4 Å². The lowest BCUT2D eigenvalue weighted by Gasteiger charge is -2.16. The third-order valence-electron chi connectivity index (χ3n) is 3.00. The van der Waals surface area contributed by atoms with E-state index in [-0.39, 0.29) is 24.8 Å². The Morgan fingerprint density at radius 3 is 2.57 bits per heavy atom. The number of nitrogens with one attached hydrogen (secondary N) is 1. The number of halogens is 2. The van der Waals surface area contributed by atoms with Crippen LogP contribution in [0, 0.1) is 11.8 Å². The summed E-state index contributed by atoms with van der Waals surface area (Å²) in [6, 6.07) is 6.47. The lowest BCUT2D eigenvalue weighted by molar-refractivity contribution is -0.142. The van der Waals surface area contributed by atoms with Gasteiger partial charge in [-0.1, -0.05) is 32.0 Å². The van der Waals surface area contributed by atoms with Crippen LogP contribution in [0.3, 0.4) is 0 Å². The number of carbonyl (C=O) groups is 1. The molecule has 6 heteroatoms. The van der Waals surface area contributed by atoms with Gasteiger partial charge in [0.2, 0.25) is 0 Å². The van der Waals surface area contributed by atoms with Crippen LogP contribution >= 0.6 is 0 Å². The first-order valence-electron chi connectivity index (χ1n) is 6.86. The van der Waals surface area contributed by atoms with Gasteiger partial charge in [0.15, 0.2) is 0 Å². The lowest BCUT2D eigenvalue weighted by atomic mass is 9.97. The van der Waals surface area contributed by atoms with E-state index in [2.05, 4.69) is 10.1 Å². The molecule has 21 heavy (non-hydrogen) atoms. The number of carboxylic acids is 1. The highest BCUT2D eigenvalue weighted by molar-refractivity contribution is 5.70. The minimum Gasteiger partial charge on any atom is -0.481 e. The first kappa shape index (κ1) is 17.4. The molecule has 0 radical (unpaired) electrons. The van der Waals surface area contributed by atoms with Gasteiger partial charge in [0.1, 0.15) is 5.75 Å². The van der Waals surface area contributed by atoms with Gasteiger partial charge in [-0.25, -0.2) is 0 Å². The molecule has 1 aromatic carbocycles. The molecule has 0 aliphatic heterocycles. The number of para-hydroxylation sites is 1. The van der Waals surface area contributed by atoms with Crippen molar-refractivity contribution in [3.63, 3.8) is 0 Å². The zero-order valence-electron chi connectivity index (χ0n) is 12.2. The van der Waals surface area contributed by atoms with E-state index < -0.39 is 18.5 Å². The highest BCUT2D eigenvalue weighted by atomic mass is 19.3. The summed E-state index contributed by atoms with van der Waals surface area (Å²) >= 11 is 0. The molecule has 4 nitrogen and oxygen atoms in total. The summed E-state index contributed by atoms with van der Waals surface area (Å²) in [6.07, 6.45) is 0.567. The average molecular weight is 301 g/mol. The average Bonchev–Trinajstić information content (AvgIpc) is 2.38. The summed E-state index contributed by atoms with van der Waals surface area (Å²) in [7, 11) is 0. The molecule has 1 atom stereocenters. The van der Waals surface area contributed by atoms with E-state index in [1.807, 2.05) is 13.8 Å². The van der Waals surface area contributed by atoms with Crippen molar-refractivity contribution >= 4 is 5.97 Å². The van der Waals surface area contributed by atoms with Gasteiger partial charge in [-0.2, -0.15) is 8.78 Å². The smallest absolute Gasteiger partial charge is 0.387 e. The summed E-state index contributed by atoms with van der Waals surface area (Å²) in [5, 5.41) is 12.1. The van der Waals surface area contributed by atoms with Crippen LogP contribution in [0.25, 0.3) is 0 Å². The van der Waals surface area contributed by atoms with Crippen molar-refractivity contribution in [2.24, 2.45) is 11.8 Å². The molecular formula is C15H21F2NO3. The SMILES string of the molecule is CC(C)CC(CNCc1ccccc1OC(F)F)C(=O)O. The van der Waals surface area contributed by atoms with Gasteiger partial charge in [0.25, 0.3) is 0 Å². The molecule has 0 heterocycles. The quantitative estimate of drug-likeness (QED) is 0.736. The van der Waals surface area contributed by atoms with Crippen molar-refractivity contribution in [3.8, 4) is 5.75 Å². The zero-order chi connectivity index (χ0) is 15.8. The second-order valence-electron chi connectivity index (χ2n) is 5.28. The summed E-state index contributed by atoms with van der Waals surface area (Å²) in [5.41, 5.74) is 0.575. The minimum absolute atomic E-state index is 0.107. The molecule has 1 rings (SSSR count). The van der Waals surface area contributed by atoms with E-state index in [1.54, 1.807) is 18.2 Å². The summed E-state index contributed by atoms with van der Waals surface area (Å²) in [5.74, 6) is -0.959. The van der Waals surface area contributed by atoms with Gasteiger partial charge in [-0.3, -0.25) is 4.79 Å². The number of rotatable bonds is 9. The number of benzene rings is 1. The Morgan fingerprint density at radius 1 is 1.33 bits per heavy atom. The van der Waals surface area contributed by atoms with Crippen molar-refractivity contribution in [2.75, 3.05) is 6.54 Å². The van der Waals surface area contributed by atoms with E-state index in [0.717, 1.165) is 0 Å². The fourth-order valence-corrected chi connectivity index (χ4v) is 2.08.